The topological polar surface area (TPSA) is 73.3 Å². The molecule has 8 heteroatoms. The molecule has 0 spiro atoms. The molecule has 3 rings (SSSR count). The number of furan rings is 1. The zero-order chi connectivity index (χ0) is 23.4. The molecule has 172 valence electrons. The van der Waals surface area contributed by atoms with Crippen LogP contribution in [0.15, 0.2) is 59.3 Å². The Balaban J connectivity index is 1.81. The van der Waals surface area contributed by atoms with E-state index in [0.717, 1.165) is 11.8 Å². The van der Waals surface area contributed by atoms with E-state index >= 15 is 0 Å². The SMILES string of the molecule is CC(C)C[C@](C)(N)COc1ccc(-c2ccnc(NCc3ccco3)c2)cc1C(F)(F)F. The second kappa shape index (κ2) is 9.65. The Labute approximate surface area is 185 Å². The van der Waals surface area contributed by atoms with E-state index in [1.54, 1.807) is 43.6 Å². The van der Waals surface area contributed by atoms with E-state index in [4.69, 9.17) is 14.9 Å². The highest BCUT2D eigenvalue weighted by atomic mass is 19.4. The first kappa shape index (κ1) is 23.7. The number of nitrogens with zero attached hydrogens (tertiary/aromatic N) is 1. The first-order valence-corrected chi connectivity index (χ1v) is 10.4. The second-order valence-corrected chi connectivity index (χ2v) is 8.61. The molecule has 0 aliphatic carbocycles. The minimum absolute atomic E-state index is 0.0102. The van der Waals surface area contributed by atoms with Crippen LogP contribution in [0, 0.1) is 5.92 Å². The lowest BCUT2D eigenvalue weighted by atomic mass is 9.93. The van der Waals surface area contributed by atoms with Crippen molar-refractivity contribution in [2.24, 2.45) is 11.7 Å². The van der Waals surface area contributed by atoms with E-state index in [2.05, 4.69) is 10.3 Å². The third-order valence-electron chi connectivity index (χ3n) is 4.83. The molecule has 0 amide bonds. The number of alkyl halides is 3. The number of benzene rings is 1. The van der Waals surface area contributed by atoms with Crippen LogP contribution in [0.2, 0.25) is 0 Å². The summed E-state index contributed by atoms with van der Waals surface area (Å²) in [6.07, 6.45) is -0.818. The van der Waals surface area contributed by atoms with Crippen LogP contribution in [0.25, 0.3) is 11.1 Å². The molecule has 5 nitrogen and oxygen atoms in total. The van der Waals surface area contributed by atoms with Gasteiger partial charge in [0.05, 0.1) is 18.4 Å². The first-order valence-electron chi connectivity index (χ1n) is 10.4. The van der Waals surface area contributed by atoms with Crippen molar-refractivity contribution in [2.45, 2.75) is 45.5 Å². The Morgan fingerprint density at radius 2 is 1.88 bits per heavy atom. The first-order chi connectivity index (χ1) is 15.0. The van der Waals surface area contributed by atoms with Crippen molar-refractivity contribution in [3.63, 3.8) is 0 Å². The number of nitrogens with two attached hydrogens (primary N) is 1. The fourth-order valence-electron chi connectivity index (χ4n) is 3.59. The number of halogens is 3. The Kier molecular flexibility index (Phi) is 7.13. The maximum atomic E-state index is 13.8. The van der Waals surface area contributed by atoms with Gasteiger partial charge in [0, 0.05) is 11.7 Å². The van der Waals surface area contributed by atoms with Crippen molar-refractivity contribution in [3.8, 4) is 16.9 Å². The van der Waals surface area contributed by atoms with Crippen LogP contribution in [-0.4, -0.2) is 17.1 Å². The number of nitrogens with one attached hydrogen (secondary N) is 1. The van der Waals surface area contributed by atoms with Crippen molar-refractivity contribution < 1.29 is 22.3 Å². The molecule has 3 aromatic rings. The molecule has 2 aromatic heterocycles. The van der Waals surface area contributed by atoms with Gasteiger partial charge in [-0.15, -0.1) is 0 Å². The van der Waals surface area contributed by atoms with Gasteiger partial charge in [-0.3, -0.25) is 0 Å². The summed E-state index contributed by atoms with van der Waals surface area (Å²) < 4.78 is 52.2. The zero-order valence-electron chi connectivity index (χ0n) is 18.4. The summed E-state index contributed by atoms with van der Waals surface area (Å²) in [5.41, 5.74) is 5.64. The highest BCUT2D eigenvalue weighted by Gasteiger charge is 2.35. The lowest BCUT2D eigenvalue weighted by Crippen LogP contribution is -2.43. The number of aromatic nitrogens is 1. The smallest absolute Gasteiger partial charge is 0.419 e. The van der Waals surface area contributed by atoms with Crippen molar-refractivity contribution >= 4 is 5.82 Å². The van der Waals surface area contributed by atoms with Gasteiger partial charge in [-0.25, -0.2) is 4.98 Å². The van der Waals surface area contributed by atoms with E-state index < -0.39 is 17.3 Å². The van der Waals surface area contributed by atoms with Crippen LogP contribution in [0.3, 0.4) is 0 Å². The molecule has 0 aliphatic heterocycles. The largest absolute Gasteiger partial charge is 0.491 e. The monoisotopic (exact) mass is 447 g/mol. The third-order valence-corrected chi connectivity index (χ3v) is 4.83. The van der Waals surface area contributed by atoms with Gasteiger partial charge in [0.2, 0.25) is 0 Å². The van der Waals surface area contributed by atoms with Gasteiger partial charge in [-0.2, -0.15) is 13.2 Å². The minimum atomic E-state index is -4.57. The predicted octanol–water partition coefficient (Wildman–Crippen LogP) is 6.11. The maximum Gasteiger partial charge on any atom is 0.419 e. The number of hydrogen-bond donors (Lipinski definition) is 2. The number of rotatable bonds is 9. The Bertz CT molecular complexity index is 1020. The number of ether oxygens (including phenoxy) is 1. The molecule has 0 saturated carbocycles. The molecule has 32 heavy (non-hydrogen) atoms. The maximum absolute atomic E-state index is 13.8. The molecule has 3 N–H and O–H groups in total. The summed E-state index contributed by atoms with van der Waals surface area (Å²) in [5, 5.41) is 3.10. The van der Waals surface area contributed by atoms with Crippen LogP contribution in [0.4, 0.5) is 19.0 Å². The normalized spacial score (nSPS) is 13.8. The van der Waals surface area contributed by atoms with Gasteiger partial charge in [0.25, 0.3) is 0 Å². The van der Waals surface area contributed by atoms with Gasteiger partial charge in [-0.05, 0) is 66.8 Å². The lowest BCUT2D eigenvalue weighted by molar-refractivity contribution is -0.139. The molecule has 0 unspecified atom stereocenters. The molecular weight excluding hydrogens is 419 g/mol. The fourth-order valence-corrected chi connectivity index (χ4v) is 3.59. The molecule has 0 fully saturated rings. The molecule has 0 aliphatic rings. The lowest BCUT2D eigenvalue weighted by Gasteiger charge is -2.27. The van der Waals surface area contributed by atoms with Gasteiger partial charge >= 0.3 is 6.18 Å². The molecule has 0 radical (unpaired) electrons. The standard InChI is InChI=1S/C24H28F3N3O2/c1-16(2)13-23(3,28)15-32-21-7-6-17(11-20(21)24(25,26)27)18-8-9-29-22(12-18)30-14-19-5-4-10-31-19/h4-12,16H,13-15,28H2,1-3H3,(H,29,30)/t23-/m0/s1. The van der Waals surface area contributed by atoms with Crippen molar-refractivity contribution in [1.82, 2.24) is 4.98 Å². The fraction of sp³-hybridized carbons (Fsp3) is 0.375. The van der Waals surface area contributed by atoms with E-state index in [9.17, 15) is 13.2 Å². The van der Waals surface area contributed by atoms with E-state index in [1.165, 1.54) is 6.07 Å². The van der Waals surface area contributed by atoms with Crippen LogP contribution >= 0.6 is 0 Å². The molecule has 1 atom stereocenters. The second-order valence-electron chi connectivity index (χ2n) is 8.61. The summed E-state index contributed by atoms with van der Waals surface area (Å²) in [6.45, 7) is 6.20. The number of pyridine rings is 1. The van der Waals surface area contributed by atoms with E-state index in [-0.39, 0.29) is 12.4 Å². The van der Waals surface area contributed by atoms with Crippen molar-refractivity contribution in [3.05, 3.63) is 66.2 Å². The zero-order valence-corrected chi connectivity index (χ0v) is 18.4. The van der Waals surface area contributed by atoms with E-state index in [1.807, 2.05) is 19.9 Å². The molecule has 0 saturated heterocycles. The van der Waals surface area contributed by atoms with Gasteiger partial charge in [0.1, 0.15) is 23.9 Å². The Hall–Kier alpha value is -3.00. The quantitative estimate of drug-likeness (QED) is 0.414. The van der Waals surface area contributed by atoms with Crippen molar-refractivity contribution in [2.75, 3.05) is 11.9 Å². The Morgan fingerprint density at radius 1 is 1.12 bits per heavy atom. The average Bonchev–Trinajstić information content (AvgIpc) is 3.23. The summed E-state index contributed by atoms with van der Waals surface area (Å²) in [4.78, 5) is 4.22. The average molecular weight is 448 g/mol. The summed E-state index contributed by atoms with van der Waals surface area (Å²) in [7, 11) is 0. The van der Waals surface area contributed by atoms with E-state index in [0.29, 0.717) is 35.8 Å². The molecule has 1 aromatic carbocycles. The third kappa shape index (κ3) is 6.50. The molecule has 0 bridgehead atoms. The van der Waals surface area contributed by atoms with Gasteiger partial charge in [-0.1, -0.05) is 19.9 Å². The minimum Gasteiger partial charge on any atom is -0.491 e. The summed E-state index contributed by atoms with van der Waals surface area (Å²) in [6, 6.07) is 11.0. The van der Waals surface area contributed by atoms with Gasteiger partial charge < -0.3 is 20.2 Å². The van der Waals surface area contributed by atoms with Crippen molar-refractivity contribution in [1.29, 1.82) is 0 Å². The Morgan fingerprint density at radius 3 is 2.53 bits per heavy atom. The summed E-state index contributed by atoms with van der Waals surface area (Å²) >= 11 is 0. The summed E-state index contributed by atoms with van der Waals surface area (Å²) in [5.74, 6) is 1.33. The van der Waals surface area contributed by atoms with Crippen LogP contribution < -0.4 is 15.8 Å². The predicted molar refractivity (Wildman–Crippen MR) is 118 cm³/mol. The van der Waals surface area contributed by atoms with Crippen LogP contribution in [-0.2, 0) is 12.7 Å². The molecule has 2 heterocycles. The molecular formula is C24H28F3N3O2. The van der Waals surface area contributed by atoms with Crippen LogP contribution in [0.1, 0.15) is 38.5 Å². The number of anilines is 1. The highest BCUT2D eigenvalue weighted by molar-refractivity contribution is 5.68. The van der Waals surface area contributed by atoms with Gasteiger partial charge in [0.15, 0.2) is 0 Å². The van der Waals surface area contributed by atoms with Crippen LogP contribution in [0.5, 0.6) is 5.75 Å². The number of hydrogen-bond acceptors (Lipinski definition) is 5. The highest BCUT2D eigenvalue weighted by Crippen LogP contribution is 2.39.